The second-order valence-corrected chi connectivity index (χ2v) is 6.68. The fourth-order valence-corrected chi connectivity index (χ4v) is 2.86. The Kier molecular flexibility index (Phi) is 8.11. The van der Waals surface area contributed by atoms with E-state index in [1.165, 1.54) is 11.3 Å². The molecule has 0 fully saturated rings. The largest absolute Gasteiger partial charge is 0.456 e. The molecule has 0 aliphatic carbocycles. The zero-order valence-corrected chi connectivity index (χ0v) is 14.9. The normalized spacial score (nSPS) is 10.1. The van der Waals surface area contributed by atoms with Crippen LogP contribution in [0.4, 0.5) is 4.79 Å². The van der Waals surface area contributed by atoms with Crippen LogP contribution in [-0.2, 0) is 14.3 Å². The molecule has 3 amide bonds. The zero-order chi connectivity index (χ0) is 18.1. The maximum absolute atomic E-state index is 12.0. The van der Waals surface area contributed by atoms with Crippen molar-refractivity contribution in [2.24, 2.45) is 0 Å². The first-order valence-corrected chi connectivity index (χ1v) is 8.48. The summed E-state index contributed by atoms with van der Waals surface area (Å²) in [5.74, 6) is -1.50. The molecule has 0 bridgehead atoms. The number of carbonyl (C=O) groups excluding carboxylic acids is 4. The molecular weight excluding hydrogens is 332 g/mol. The number of ketones is 1. The molecule has 0 aromatic carbocycles. The van der Waals surface area contributed by atoms with E-state index < -0.39 is 24.5 Å². The van der Waals surface area contributed by atoms with Crippen molar-refractivity contribution < 1.29 is 23.9 Å². The maximum Gasteiger partial charge on any atom is 0.321 e. The van der Waals surface area contributed by atoms with Crippen molar-refractivity contribution in [1.82, 2.24) is 10.6 Å². The average Bonchev–Trinajstić information content (AvgIpc) is 2.87. The molecule has 0 unspecified atom stereocenters. The van der Waals surface area contributed by atoms with Gasteiger partial charge in [0.1, 0.15) is 0 Å². The summed E-state index contributed by atoms with van der Waals surface area (Å²) in [6.07, 6.45) is 0.657. The van der Waals surface area contributed by atoms with E-state index in [4.69, 9.17) is 4.74 Å². The van der Waals surface area contributed by atoms with Gasteiger partial charge in [0.15, 0.2) is 12.4 Å². The third-order valence-corrected chi connectivity index (χ3v) is 4.02. The third kappa shape index (κ3) is 6.91. The van der Waals surface area contributed by atoms with E-state index in [1.54, 1.807) is 6.07 Å². The summed E-state index contributed by atoms with van der Waals surface area (Å²) in [5, 5.41) is 4.50. The van der Waals surface area contributed by atoms with E-state index in [0.717, 1.165) is 16.2 Å². The van der Waals surface area contributed by atoms with Crippen molar-refractivity contribution in [2.75, 3.05) is 13.2 Å². The summed E-state index contributed by atoms with van der Waals surface area (Å²) < 4.78 is 4.75. The van der Waals surface area contributed by atoms with Gasteiger partial charge in [-0.3, -0.25) is 19.7 Å². The van der Waals surface area contributed by atoms with Gasteiger partial charge in [-0.2, -0.15) is 0 Å². The van der Waals surface area contributed by atoms with E-state index in [0.29, 0.717) is 12.1 Å². The van der Waals surface area contributed by atoms with Gasteiger partial charge in [-0.05, 0) is 26.3 Å². The first kappa shape index (κ1) is 19.8. The third-order valence-electron chi connectivity index (χ3n) is 3.05. The Morgan fingerprint density at radius 1 is 1.17 bits per heavy atom. The van der Waals surface area contributed by atoms with Crippen molar-refractivity contribution >= 4 is 35.0 Å². The second kappa shape index (κ2) is 9.82. The van der Waals surface area contributed by atoms with Crippen LogP contribution < -0.4 is 10.6 Å². The van der Waals surface area contributed by atoms with Gasteiger partial charge in [0.2, 0.25) is 0 Å². The molecule has 0 saturated carbocycles. The number of aryl methyl sites for hydroxylation is 2. The van der Waals surface area contributed by atoms with Crippen LogP contribution in [0.5, 0.6) is 0 Å². The predicted octanol–water partition coefficient (Wildman–Crippen LogP) is 2.11. The molecule has 8 heteroatoms. The first-order valence-electron chi connectivity index (χ1n) is 7.67. The van der Waals surface area contributed by atoms with E-state index in [1.807, 2.05) is 26.1 Å². The van der Waals surface area contributed by atoms with Crippen molar-refractivity contribution in [3.63, 3.8) is 0 Å². The van der Waals surface area contributed by atoms with Crippen molar-refractivity contribution in [1.29, 1.82) is 0 Å². The highest BCUT2D eigenvalue weighted by Crippen LogP contribution is 2.22. The number of thiophene rings is 1. The molecule has 1 aromatic heterocycles. The molecule has 1 rings (SSSR count). The van der Waals surface area contributed by atoms with Crippen LogP contribution in [0.1, 0.15) is 46.3 Å². The van der Waals surface area contributed by atoms with Gasteiger partial charge < -0.3 is 10.1 Å². The van der Waals surface area contributed by atoms with Crippen LogP contribution in [-0.4, -0.2) is 36.8 Å². The van der Waals surface area contributed by atoms with Crippen LogP contribution >= 0.6 is 11.3 Å². The van der Waals surface area contributed by atoms with Gasteiger partial charge in [-0.25, -0.2) is 4.79 Å². The lowest BCUT2D eigenvalue weighted by atomic mass is 10.1. The Labute approximate surface area is 144 Å². The Bertz CT molecular complexity index is 624. The minimum atomic E-state index is -0.715. The van der Waals surface area contributed by atoms with Crippen LogP contribution in [0, 0.1) is 13.8 Å². The number of hydrogen-bond donors (Lipinski definition) is 2. The van der Waals surface area contributed by atoms with Crippen molar-refractivity contribution in [2.45, 2.75) is 40.0 Å². The number of carbonyl (C=O) groups is 4. The number of rotatable bonds is 8. The lowest BCUT2D eigenvalue weighted by Crippen LogP contribution is -2.41. The summed E-state index contributed by atoms with van der Waals surface area (Å²) in [6.45, 7) is 5.55. The van der Waals surface area contributed by atoms with Gasteiger partial charge in [0.25, 0.3) is 5.91 Å². The smallest absolute Gasteiger partial charge is 0.321 e. The Morgan fingerprint density at radius 3 is 2.46 bits per heavy atom. The van der Waals surface area contributed by atoms with Gasteiger partial charge in [0.05, 0.1) is 6.42 Å². The van der Waals surface area contributed by atoms with Crippen molar-refractivity contribution in [3.8, 4) is 0 Å². The number of ether oxygens (including phenoxy) is 1. The van der Waals surface area contributed by atoms with Crippen LogP contribution in [0.2, 0.25) is 0 Å². The van der Waals surface area contributed by atoms with E-state index in [2.05, 4.69) is 5.32 Å². The van der Waals surface area contributed by atoms with E-state index >= 15 is 0 Å². The Balaban J connectivity index is 2.29. The second-order valence-electron chi connectivity index (χ2n) is 5.21. The molecule has 2 N–H and O–H groups in total. The number of imide groups is 1. The minimum Gasteiger partial charge on any atom is -0.456 e. The highest BCUT2D eigenvalue weighted by atomic mass is 32.1. The predicted molar refractivity (Wildman–Crippen MR) is 90.1 cm³/mol. The lowest BCUT2D eigenvalue weighted by Gasteiger charge is -2.06. The highest BCUT2D eigenvalue weighted by Gasteiger charge is 2.15. The van der Waals surface area contributed by atoms with Gasteiger partial charge in [-0.1, -0.05) is 6.92 Å². The number of hydrogen-bond acceptors (Lipinski definition) is 6. The molecule has 24 heavy (non-hydrogen) atoms. The summed E-state index contributed by atoms with van der Waals surface area (Å²) in [4.78, 5) is 48.2. The van der Waals surface area contributed by atoms with Gasteiger partial charge in [0, 0.05) is 28.3 Å². The topological polar surface area (TPSA) is 102 Å². The fourth-order valence-electron chi connectivity index (χ4n) is 1.92. The number of amides is 3. The van der Waals surface area contributed by atoms with E-state index in [-0.39, 0.29) is 18.6 Å². The summed E-state index contributed by atoms with van der Waals surface area (Å²) in [5.41, 5.74) is 0.621. The minimum absolute atomic E-state index is 0.0223. The van der Waals surface area contributed by atoms with Gasteiger partial charge in [-0.15, -0.1) is 11.3 Å². The van der Waals surface area contributed by atoms with Crippen LogP contribution in [0.25, 0.3) is 0 Å². The van der Waals surface area contributed by atoms with Crippen LogP contribution in [0.15, 0.2) is 6.07 Å². The number of urea groups is 1. The van der Waals surface area contributed by atoms with Gasteiger partial charge >= 0.3 is 12.0 Å². The molecule has 132 valence electrons. The monoisotopic (exact) mass is 354 g/mol. The summed E-state index contributed by atoms with van der Waals surface area (Å²) in [6, 6.07) is 1.17. The summed E-state index contributed by atoms with van der Waals surface area (Å²) >= 11 is 1.53. The molecule has 0 aliphatic rings. The van der Waals surface area contributed by atoms with Crippen molar-refractivity contribution in [3.05, 3.63) is 21.4 Å². The Morgan fingerprint density at radius 2 is 1.88 bits per heavy atom. The standard InChI is InChI=1S/C16H22N2O5S/c1-4-7-17-16(22)18-14(20)9-23-15(21)6-5-13(19)12-8-10(2)24-11(12)3/h8H,4-7,9H2,1-3H3,(H2,17,18,20,22). The molecule has 1 aromatic rings. The highest BCUT2D eigenvalue weighted by molar-refractivity contribution is 7.12. The molecule has 0 saturated heterocycles. The maximum atomic E-state index is 12.0. The molecule has 0 spiro atoms. The molecule has 7 nitrogen and oxygen atoms in total. The average molecular weight is 354 g/mol. The number of nitrogens with one attached hydrogen (secondary N) is 2. The lowest BCUT2D eigenvalue weighted by molar-refractivity contribution is -0.148. The molecule has 0 aliphatic heterocycles. The molecular formula is C16H22N2O5S. The molecule has 1 heterocycles. The zero-order valence-electron chi connectivity index (χ0n) is 14.1. The number of esters is 1. The molecule has 0 atom stereocenters. The molecule has 0 radical (unpaired) electrons. The Hall–Kier alpha value is -2.22. The first-order chi connectivity index (χ1) is 11.3. The van der Waals surface area contributed by atoms with Crippen LogP contribution in [0.3, 0.4) is 0 Å². The number of Topliss-reactive ketones (excluding diaryl/α,β-unsaturated/α-hetero) is 1. The van der Waals surface area contributed by atoms with E-state index in [9.17, 15) is 19.2 Å². The quantitative estimate of drug-likeness (QED) is 0.550. The SMILES string of the molecule is CCCNC(=O)NC(=O)COC(=O)CCC(=O)c1cc(C)sc1C. The summed E-state index contributed by atoms with van der Waals surface area (Å²) in [7, 11) is 0. The fraction of sp³-hybridized carbons (Fsp3) is 0.500.